The molecular formula is C18H14ClN3O2. The number of carbonyl (C=O) groups is 1. The lowest BCUT2D eigenvalue weighted by Crippen LogP contribution is -2.21. The highest BCUT2D eigenvalue weighted by Gasteiger charge is 2.26. The molecule has 0 fully saturated rings. The number of aryl methyl sites for hydroxylation is 1. The molecular weight excluding hydrogens is 326 g/mol. The van der Waals surface area contributed by atoms with Gasteiger partial charge in [-0.15, -0.1) is 0 Å². The molecule has 3 rings (SSSR count). The number of carbonyl (C=O) groups excluding carboxylic acids is 1. The number of halogens is 1. The van der Waals surface area contributed by atoms with E-state index < -0.39 is 5.92 Å². The summed E-state index contributed by atoms with van der Waals surface area (Å²) in [6.07, 6.45) is 0. The van der Waals surface area contributed by atoms with Crippen LogP contribution in [0.25, 0.3) is 11.0 Å². The van der Waals surface area contributed by atoms with Crippen LogP contribution in [0.1, 0.15) is 11.7 Å². The SMILES string of the molecule is Cn1c(C(C#N)C(=O)COc2ccc(Cl)cc2)nc2ccccc21. The van der Waals surface area contributed by atoms with Crippen LogP contribution in [0.5, 0.6) is 5.75 Å². The van der Waals surface area contributed by atoms with Crippen molar-refractivity contribution in [2.75, 3.05) is 6.61 Å². The summed E-state index contributed by atoms with van der Waals surface area (Å²) in [4.78, 5) is 16.8. The van der Waals surface area contributed by atoms with Gasteiger partial charge >= 0.3 is 0 Å². The molecule has 0 aliphatic heterocycles. The number of nitrogens with zero attached hydrogens (tertiary/aromatic N) is 3. The smallest absolute Gasteiger partial charge is 0.194 e. The van der Waals surface area contributed by atoms with Crippen LogP contribution in [-0.4, -0.2) is 21.9 Å². The summed E-state index contributed by atoms with van der Waals surface area (Å²) in [5.74, 6) is -0.376. The fourth-order valence-corrected chi connectivity index (χ4v) is 2.59. The summed E-state index contributed by atoms with van der Waals surface area (Å²) in [5, 5.41) is 10.0. The van der Waals surface area contributed by atoms with Gasteiger partial charge in [-0.05, 0) is 36.4 Å². The number of para-hydroxylation sites is 2. The fourth-order valence-electron chi connectivity index (χ4n) is 2.46. The van der Waals surface area contributed by atoms with Gasteiger partial charge in [0.25, 0.3) is 0 Å². The lowest BCUT2D eigenvalue weighted by atomic mass is 10.1. The molecule has 0 spiro atoms. The van der Waals surface area contributed by atoms with Gasteiger partial charge in [0.15, 0.2) is 11.7 Å². The van der Waals surface area contributed by atoms with Gasteiger partial charge < -0.3 is 9.30 Å². The third-order valence-corrected chi connectivity index (χ3v) is 3.98. The largest absolute Gasteiger partial charge is 0.486 e. The second-order valence-electron chi connectivity index (χ2n) is 5.29. The van der Waals surface area contributed by atoms with Gasteiger partial charge in [0.1, 0.15) is 18.2 Å². The van der Waals surface area contributed by atoms with Crippen LogP contribution in [0.3, 0.4) is 0 Å². The minimum atomic E-state index is -0.977. The van der Waals surface area contributed by atoms with Crippen molar-refractivity contribution in [2.45, 2.75) is 5.92 Å². The molecule has 0 saturated heterocycles. The highest BCUT2D eigenvalue weighted by atomic mass is 35.5. The minimum absolute atomic E-state index is 0.205. The molecule has 5 nitrogen and oxygen atoms in total. The van der Waals surface area contributed by atoms with Crippen molar-refractivity contribution in [1.82, 2.24) is 9.55 Å². The maximum absolute atomic E-state index is 12.4. The third kappa shape index (κ3) is 3.10. The molecule has 6 heteroatoms. The van der Waals surface area contributed by atoms with Crippen LogP contribution in [-0.2, 0) is 11.8 Å². The number of imidazole rings is 1. The average molecular weight is 340 g/mol. The average Bonchev–Trinajstić information content (AvgIpc) is 2.92. The first-order valence-corrected chi connectivity index (χ1v) is 7.70. The van der Waals surface area contributed by atoms with E-state index in [-0.39, 0.29) is 12.4 Å². The number of fused-ring (bicyclic) bond motifs is 1. The molecule has 1 aromatic heterocycles. The van der Waals surface area contributed by atoms with Gasteiger partial charge in [0.2, 0.25) is 0 Å². The first-order chi connectivity index (χ1) is 11.6. The highest BCUT2D eigenvalue weighted by Crippen LogP contribution is 2.22. The van der Waals surface area contributed by atoms with Crippen molar-refractivity contribution in [1.29, 1.82) is 5.26 Å². The summed E-state index contributed by atoms with van der Waals surface area (Å²) in [6.45, 7) is -0.205. The molecule has 1 heterocycles. The molecule has 0 N–H and O–H groups in total. The minimum Gasteiger partial charge on any atom is -0.486 e. The van der Waals surface area contributed by atoms with Crippen molar-refractivity contribution in [3.63, 3.8) is 0 Å². The van der Waals surface area contributed by atoms with Crippen molar-refractivity contribution in [2.24, 2.45) is 7.05 Å². The lowest BCUT2D eigenvalue weighted by molar-refractivity contribution is -0.121. The van der Waals surface area contributed by atoms with Gasteiger partial charge in [-0.2, -0.15) is 5.26 Å². The van der Waals surface area contributed by atoms with Crippen molar-refractivity contribution in [3.05, 3.63) is 59.4 Å². The van der Waals surface area contributed by atoms with Crippen LogP contribution < -0.4 is 4.74 Å². The zero-order chi connectivity index (χ0) is 17.1. The quantitative estimate of drug-likeness (QED) is 0.713. The Morgan fingerprint density at radius 1 is 1.29 bits per heavy atom. The van der Waals surface area contributed by atoms with Crippen LogP contribution >= 0.6 is 11.6 Å². The monoisotopic (exact) mass is 339 g/mol. The number of hydrogen-bond donors (Lipinski definition) is 0. The van der Waals surface area contributed by atoms with Crippen LogP contribution in [0.15, 0.2) is 48.5 Å². The van der Waals surface area contributed by atoms with E-state index in [0.717, 1.165) is 11.0 Å². The fraction of sp³-hybridized carbons (Fsp3) is 0.167. The molecule has 0 amide bonds. The number of benzene rings is 2. The normalized spacial score (nSPS) is 11.9. The summed E-state index contributed by atoms with van der Waals surface area (Å²) in [5.41, 5.74) is 1.63. The van der Waals surface area contributed by atoms with E-state index in [1.54, 1.807) is 35.9 Å². The second-order valence-corrected chi connectivity index (χ2v) is 5.73. The molecule has 0 saturated carbocycles. The molecule has 0 aliphatic carbocycles. The van der Waals surface area contributed by atoms with Crippen molar-refractivity contribution >= 4 is 28.4 Å². The Morgan fingerprint density at radius 3 is 2.67 bits per heavy atom. The Kier molecular flexibility index (Phi) is 4.50. The predicted octanol–water partition coefficient (Wildman–Crippen LogP) is 3.48. The van der Waals surface area contributed by atoms with Gasteiger partial charge in [-0.3, -0.25) is 4.79 Å². The van der Waals surface area contributed by atoms with E-state index >= 15 is 0 Å². The van der Waals surface area contributed by atoms with Crippen LogP contribution in [0.4, 0.5) is 0 Å². The number of aromatic nitrogens is 2. The Balaban J connectivity index is 1.80. The highest BCUT2D eigenvalue weighted by molar-refractivity contribution is 6.30. The maximum Gasteiger partial charge on any atom is 0.194 e. The number of nitriles is 1. The Labute approximate surface area is 144 Å². The van der Waals surface area contributed by atoms with Crippen molar-refractivity contribution < 1.29 is 9.53 Å². The summed E-state index contributed by atoms with van der Waals surface area (Å²) < 4.78 is 7.21. The van der Waals surface area contributed by atoms with Crippen molar-refractivity contribution in [3.8, 4) is 11.8 Å². The Bertz CT molecular complexity index is 926. The second kappa shape index (κ2) is 6.73. The van der Waals surface area contributed by atoms with Gasteiger partial charge in [-0.1, -0.05) is 23.7 Å². The number of ketones is 1. The zero-order valence-corrected chi connectivity index (χ0v) is 13.7. The molecule has 1 atom stereocenters. The predicted molar refractivity (Wildman–Crippen MR) is 91.0 cm³/mol. The van der Waals surface area contributed by atoms with E-state index in [4.69, 9.17) is 16.3 Å². The number of Topliss-reactive ketones (excluding diaryl/α,β-unsaturated/α-hetero) is 1. The van der Waals surface area contributed by atoms with E-state index in [2.05, 4.69) is 4.98 Å². The summed E-state index contributed by atoms with van der Waals surface area (Å²) >= 11 is 5.81. The summed E-state index contributed by atoms with van der Waals surface area (Å²) in [6, 6.07) is 16.2. The number of rotatable bonds is 5. The molecule has 0 radical (unpaired) electrons. The van der Waals surface area contributed by atoms with Gasteiger partial charge in [0.05, 0.1) is 17.1 Å². The molecule has 120 valence electrons. The number of ether oxygens (including phenoxy) is 1. The topological polar surface area (TPSA) is 67.9 Å². The van der Waals surface area contributed by atoms with Gasteiger partial charge in [-0.25, -0.2) is 4.98 Å². The molecule has 0 aliphatic rings. The molecule has 24 heavy (non-hydrogen) atoms. The molecule has 2 aromatic carbocycles. The third-order valence-electron chi connectivity index (χ3n) is 3.73. The lowest BCUT2D eigenvalue weighted by Gasteiger charge is -2.10. The van der Waals surface area contributed by atoms with Crippen LogP contribution in [0, 0.1) is 11.3 Å². The Hall–Kier alpha value is -2.84. The molecule has 3 aromatic rings. The van der Waals surface area contributed by atoms with Crippen LogP contribution in [0.2, 0.25) is 5.02 Å². The van der Waals surface area contributed by atoms with E-state index in [1.165, 1.54) is 0 Å². The first kappa shape index (κ1) is 16.0. The van der Waals surface area contributed by atoms with E-state index in [9.17, 15) is 10.1 Å². The standard InChI is InChI=1S/C18H14ClN3O2/c1-22-16-5-3-2-4-15(16)21-18(22)14(10-20)17(23)11-24-13-8-6-12(19)7-9-13/h2-9,14H,11H2,1H3. The number of hydrogen-bond acceptors (Lipinski definition) is 4. The summed E-state index contributed by atoms with van der Waals surface area (Å²) in [7, 11) is 1.79. The van der Waals surface area contributed by atoms with E-state index in [0.29, 0.717) is 16.6 Å². The van der Waals surface area contributed by atoms with Gasteiger partial charge in [0, 0.05) is 12.1 Å². The maximum atomic E-state index is 12.4. The Morgan fingerprint density at radius 2 is 2.00 bits per heavy atom. The zero-order valence-electron chi connectivity index (χ0n) is 12.9. The van der Waals surface area contributed by atoms with E-state index in [1.807, 2.05) is 30.3 Å². The first-order valence-electron chi connectivity index (χ1n) is 7.32. The molecule has 0 bridgehead atoms. The molecule has 1 unspecified atom stereocenters.